The lowest BCUT2D eigenvalue weighted by atomic mass is 9.99. The number of morpholine rings is 1. The number of carbonyl (C=O) groups excluding carboxylic acids is 1. The van der Waals surface area contributed by atoms with Gasteiger partial charge in [-0.3, -0.25) is 4.90 Å². The summed E-state index contributed by atoms with van der Waals surface area (Å²) in [4.78, 5) is 14.0. The molecule has 3 N–H and O–H groups in total. The lowest BCUT2D eigenvalue weighted by Crippen LogP contribution is -2.44. The van der Waals surface area contributed by atoms with Crippen molar-refractivity contribution in [1.82, 2.24) is 15.5 Å². The number of rotatable bonds is 8. The predicted molar refractivity (Wildman–Crippen MR) is 128 cm³/mol. The third kappa shape index (κ3) is 6.77. The molecule has 0 spiro atoms. The summed E-state index contributed by atoms with van der Waals surface area (Å²) in [5, 5.41) is 15.0. The molecule has 0 aromatic heterocycles. The molecule has 2 aromatic carbocycles. The molecule has 0 saturated carbocycles. The Morgan fingerprint density at radius 3 is 2.32 bits per heavy atom. The second kappa shape index (κ2) is 12.3. The van der Waals surface area contributed by atoms with Crippen molar-refractivity contribution < 1.29 is 24.1 Å². The van der Waals surface area contributed by atoms with Crippen LogP contribution in [0.3, 0.4) is 0 Å². The zero-order chi connectivity index (χ0) is 23.8. The fourth-order valence-electron chi connectivity index (χ4n) is 4.30. The Morgan fingerprint density at radius 2 is 1.65 bits per heavy atom. The molecule has 4 rings (SSSR count). The van der Waals surface area contributed by atoms with Gasteiger partial charge in [0.05, 0.1) is 32.0 Å². The van der Waals surface area contributed by atoms with E-state index in [0.29, 0.717) is 13.1 Å². The lowest BCUT2D eigenvalue weighted by molar-refractivity contribution is -0.253. The zero-order valence-electron chi connectivity index (χ0n) is 19.7. The molecule has 34 heavy (non-hydrogen) atoms. The SMILES string of the molecule is CCNC(=O)NCc1ccc([C@H]2O[C@@H](CN3CCOCC3)C[C@@H](c3ccc(CO)cc3)O2)cc1. The number of carbonyl (C=O) groups is 1. The van der Waals surface area contributed by atoms with Crippen LogP contribution in [-0.2, 0) is 27.4 Å². The number of ether oxygens (including phenoxy) is 3. The third-order valence-corrected chi connectivity index (χ3v) is 6.22. The maximum atomic E-state index is 11.7. The van der Waals surface area contributed by atoms with Gasteiger partial charge in [-0.15, -0.1) is 0 Å². The van der Waals surface area contributed by atoms with E-state index in [1.807, 2.05) is 55.5 Å². The van der Waals surface area contributed by atoms with Crippen molar-refractivity contribution in [2.75, 3.05) is 39.4 Å². The van der Waals surface area contributed by atoms with Gasteiger partial charge in [0.2, 0.25) is 0 Å². The standard InChI is InChI=1S/C26H35N3O5/c1-2-27-26(31)28-16-19-3-9-22(10-4-19)25-33-23(17-29-11-13-32-14-12-29)15-24(34-25)21-7-5-20(18-30)6-8-21/h3-10,23-25,30H,2,11-18H2,1H3,(H2,27,28,31)/t23-,24+,25+/m1/s1. The van der Waals surface area contributed by atoms with Crippen LogP contribution in [0, 0.1) is 0 Å². The molecular weight excluding hydrogens is 434 g/mol. The van der Waals surface area contributed by atoms with Gasteiger partial charge in [0.15, 0.2) is 6.29 Å². The number of aliphatic hydroxyl groups excluding tert-OH is 1. The van der Waals surface area contributed by atoms with E-state index >= 15 is 0 Å². The number of nitrogens with zero attached hydrogens (tertiary/aromatic N) is 1. The van der Waals surface area contributed by atoms with Gasteiger partial charge < -0.3 is 30.0 Å². The Hall–Kier alpha value is -2.49. The van der Waals surface area contributed by atoms with E-state index < -0.39 is 6.29 Å². The molecule has 0 bridgehead atoms. The summed E-state index contributed by atoms with van der Waals surface area (Å²) < 4.78 is 18.3. The number of urea groups is 1. The van der Waals surface area contributed by atoms with Crippen LogP contribution in [0.2, 0.25) is 0 Å². The van der Waals surface area contributed by atoms with Gasteiger partial charge in [-0.05, 0) is 23.6 Å². The molecule has 2 aromatic rings. The average Bonchev–Trinajstić information content (AvgIpc) is 2.88. The largest absolute Gasteiger partial charge is 0.392 e. The minimum atomic E-state index is -0.479. The molecule has 2 saturated heterocycles. The molecule has 3 atom stereocenters. The number of aliphatic hydroxyl groups is 1. The van der Waals surface area contributed by atoms with Crippen molar-refractivity contribution in [3.8, 4) is 0 Å². The highest BCUT2D eigenvalue weighted by Gasteiger charge is 2.33. The minimum Gasteiger partial charge on any atom is -0.392 e. The number of amides is 2. The average molecular weight is 470 g/mol. The smallest absolute Gasteiger partial charge is 0.315 e. The van der Waals surface area contributed by atoms with E-state index in [-0.39, 0.29) is 24.8 Å². The van der Waals surface area contributed by atoms with Crippen LogP contribution in [0.25, 0.3) is 0 Å². The Balaban J connectivity index is 1.45. The van der Waals surface area contributed by atoms with Crippen LogP contribution in [0.5, 0.6) is 0 Å². The van der Waals surface area contributed by atoms with E-state index in [0.717, 1.165) is 61.5 Å². The molecular formula is C26H35N3O5. The molecule has 8 nitrogen and oxygen atoms in total. The number of benzene rings is 2. The maximum Gasteiger partial charge on any atom is 0.315 e. The molecule has 0 radical (unpaired) electrons. The fourth-order valence-corrected chi connectivity index (χ4v) is 4.30. The summed E-state index contributed by atoms with van der Waals surface area (Å²) in [6.07, 6.45) is 0.212. The topological polar surface area (TPSA) is 92.3 Å². The Morgan fingerprint density at radius 1 is 0.971 bits per heavy atom. The van der Waals surface area contributed by atoms with Crippen molar-refractivity contribution in [3.63, 3.8) is 0 Å². The van der Waals surface area contributed by atoms with Gasteiger partial charge in [0.25, 0.3) is 0 Å². The molecule has 2 aliphatic heterocycles. The summed E-state index contributed by atoms with van der Waals surface area (Å²) >= 11 is 0. The summed E-state index contributed by atoms with van der Waals surface area (Å²) in [6.45, 7) is 7.13. The number of hydrogen-bond acceptors (Lipinski definition) is 6. The van der Waals surface area contributed by atoms with Gasteiger partial charge in [-0.25, -0.2) is 4.79 Å². The highest BCUT2D eigenvalue weighted by molar-refractivity contribution is 5.73. The van der Waals surface area contributed by atoms with Crippen molar-refractivity contribution in [2.24, 2.45) is 0 Å². The van der Waals surface area contributed by atoms with Crippen molar-refractivity contribution in [1.29, 1.82) is 0 Å². The maximum absolute atomic E-state index is 11.7. The fraction of sp³-hybridized carbons (Fsp3) is 0.500. The minimum absolute atomic E-state index is 0.0263. The van der Waals surface area contributed by atoms with E-state index in [2.05, 4.69) is 15.5 Å². The first-order valence-electron chi connectivity index (χ1n) is 12.1. The van der Waals surface area contributed by atoms with E-state index in [1.54, 1.807) is 0 Å². The molecule has 2 aliphatic rings. The third-order valence-electron chi connectivity index (χ3n) is 6.22. The summed E-state index contributed by atoms with van der Waals surface area (Å²) in [5.74, 6) is 0. The molecule has 0 unspecified atom stereocenters. The van der Waals surface area contributed by atoms with Crippen molar-refractivity contribution >= 4 is 6.03 Å². The van der Waals surface area contributed by atoms with Crippen molar-refractivity contribution in [3.05, 3.63) is 70.8 Å². The number of nitrogens with one attached hydrogen (secondary N) is 2. The van der Waals surface area contributed by atoms with Crippen LogP contribution in [0.4, 0.5) is 4.79 Å². The van der Waals surface area contributed by atoms with Gasteiger partial charge >= 0.3 is 6.03 Å². The second-order valence-electron chi connectivity index (χ2n) is 8.72. The second-order valence-corrected chi connectivity index (χ2v) is 8.72. The van der Waals surface area contributed by atoms with Gasteiger partial charge in [0.1, 0.15) is 0 Å². The van der Waals surface area contributed by atoms with Crippen molar-refractivity contribution in [2.45, 2.75) is 45.0 Å². The Labute approximate surface area is 201 Å². The van der Waals surface area contributed by atoms with Gasteiger partial charge in [-0.2, -0.15) is 0 Å². The highest BCUT2D eigenvalue weighted by atomic mass is 16.7. The van der Waals surface area contributed by atoms with Crippen LogP contribution in [0.1, 0.15) is 48.0 Å². The summed E-state index contributed by atoms with van der Waals surface area (Å²) in [7, 11) is 0. The van der Waals surface area contributed by atoms with E-state index in [9.17, 15) is 9.90 Å². The summed E-state index contributed by atoms with van der Waals surface area (Å²) in [5.41, 5.74) is 3.92. The first kappa shape index (κ1) is 24.6. The molecule has 2 heterocycles. The first-order chi connectivity index (χ1) is 16.6. The van der Waals surface area contributed by atoms with Crippen LogP contribution in [0.15, 0.2) is 48.5 Å². The van der Waals surface area contributed by atoms with E-state index in [1.165, 1.54) is 0 Å². The molecule has 2 amide bonds. The zero-order valence-corrected chi connectivity index (χ0v) is 19.7. The lowest BCUT2D eigenvalue weighted by Gasteiger charge is -2.39. The normalized spacial score (nSPS) is 23.4. The molecule has 8 heteroatoms. The summed E-state index contributed by atoms with van der Waals surface area (Å²) in [6, 6.07) is 15.8. The van der Waals surface area contributed by atoms with E-state index in [4.69, 9.17) is 14.2 Å². The van der Waals surface area contributed by atoms with Gasteiger partial charge in [-0.1, -0.05) is 48.5 Å². The van der Waals surface area contributed by atoms with Crippen LogP contribution in [-0.4, -0.2) is 61.5 Å². The Kier molecular flexibility index (Phi) is 8.90. The van der Waals surface area contributed by atoms with Crippen LogP contribution >= 0.6 is 0 Å². The monoisotopic (exact) mass is 469 g/mol. The van der Waals surface area contributed by atoms with Crippen LogP contribution < -0.4 is 10.6 Å². The predicted octanol–water partition coefficient (Wildman–Crippen LogP) is 2.88. The number of hydrogen-bond donors (Lipinski definition) is 3. The quantitative estimate of drug-likeness (QED) is 0.551. The first-order valence-corrected chi connectivity index (χ1v) is 12.1. The molecule has 2 fully saturated rings. The van der Waals surface area contributed by atoms with Gasteiger partial charge in [0, 0.05) is 44.7 Å². The highest BCUT2D eigenvalue weighted by Crippen LogP contribution is 2.38. The molecule has 0 aliphatic carbocycles. The molecule has 184 valence electrons. The Bertz CT molecular complexity index is 900.